The lowest BCUT2D eigenvalue weighted by Crippen LogP contribution is -2.44. The number of aromatic nitrogens is 1. The van der Waals surface area contributed by atoms with Crippen LogP contribution in [0.1, 0.15) is 44.1 Å². The Bertz CT molecular complexity index is 929. The van der Waals surface area contributed by atoms with Crippen LogP contribution in [0.2, 0.25) is 0 Å². The van der Waals surface area contributed by atoms with Gasteiger partial charge in [-0.2, -0.15) is 0 Å². The lowest BCUT2D eigenvalue weighted by molar-refractivity contribution is 0.0494. The van der Waals surface area contributed by atoms with Crippen molar-refractivity contribution in [3.05, 3.63) is 40.3 Å². The number of methoxy groups -OCH3 is 1. The summed E-state index contributed by atoms with van der Waals surface area (Å²) in [6, 6.07) is 7.05. The molecule has 9 heteroatoms. The zero-order chi connectivity index (χ0) is 22.9. The Morgan fingerprint density at radius 3 is 2.58 bits per heavy atom. The van der Waals surface area contributed by atoms with Gasteiger partial charge in [0.05, 0.1) is 11.1 Å². The van der Waals surface area contributed by atoms with Crippen molar-refractivity contribution >= 4 is 23.2 Å². The molecule has 3 rings (SSSR count). The Hall–Kier alpha value is -2.91. The lowest BCUT2D eigenvalue weighted by Gasteiger charge is -2.26. The topological polar surface area (TPSA) is 119 Å². The van der Waals surface area contributed by atoms with Gasteiger partial charge < -0.3 is 29.8 Å². The molecule has 31 heavy (non-hydrogen) atoms. The van der Waals surface area contributed by atoms with E-state index in [2.05, 4.69) is 15.6 Å². The average molecular weight is 434 g/mol. The minimum Gasteiger partial charge on any atom is -0.467 e. The van der Waals surface area contributed by atoms with Gasteiger partial charge in [0.25, 0.3) is 5.56 Å². The first-order valence-electron chi connectivity index (χ1n) is 10.2. The summed E-state index contributed by atoms with van der Waals surface area (Å²) in [6.45, 7) is 7.62. The molecule has 9 nitrogen and oxygen atoms in total. The number of hydrogen-bond donors (Lipinski definition) is 3. The molecule has 0 aliphatic carbocycles. The van der Waals surface area contributed by atoms with Gasteiger partial charge >= 0.3 is 6.09 Å². The highest BCUT2D eigenvalue weighted by Crippen LogP contribution is 2.22. The van der Waals surface area contributed by atoms with Crippen LogP contribution in [-0.2, 0) is 9.47 Å². The minimum atomic E-state index is -0.406. The van der Waals surface area contributed by atoms with E-state index < -0.39 is 5.60 Å². The summed E-state index contributed by atoms with van der Waals surface area (Å²) < 4.78 is 15.3. The fourth-order valence-electron chi connectivity index (χ4n) is 3.06. The Labute approximate surface area is 181 Å². The molecular formula is C22H31N3O6. The van der Waals surface area contributed by atoms with Crippen molar-refractivity contribution in [2.75, 3.05) is 27.0 Å². The van der Waals surface area contributed by atoms with E-state index in [1.54, 1.807) is 24.3 Å². The first-order chi connectivity index (χ1) is 14.7. The Balaban J connectivity index is 0.000000225. The predicted octanol–water partition coefficient (Wildman–Crippen LogP) is 2.59. The highest BCUT2D eigenvalue weighted by atomic mass is 16.7. The van der Waals surface area contributed by atoms with Crippen LogP contribution in [-0.4, -0.2) is 56.0 Å². The molecule has 3 N–H and O–H groups in total. The average Bonchev–Trinajstić information content (AvgIpc) is 2.71. The lowest BCUT2D eigenvalue weighted by atomic mass is 10.1. The number of rotatable bonds is 5. The Kier molecular flexibility index (Phi) is 9.02. The van der Waals surface area contributed by atoms with E-state index in [0.29, 0.717) is 22.8 Å². The van der Waals surface area contributed by atoms with Crippen LogP contribution >= 0.6 is 0 Å². The minimum absolute atomic E-state index is 0.0635. The van der Waals surface area contributed by atoms with E-state index in [0.717, 1.165) is 25.9 Å². The molecule has 0 radical (unpaired) electrons. The highest BCUT2D eigenvalue weighted by Gasteiger charge is 2.20. The molecule has 0 spiro atoms. The molecule has 1 aliphatic heterocycles. The molecule has 1 fully saturated rings. The maximum absolute atomic E-state index is 11.8. The molecule has 2 heterocycles. The number of benzene rings is 1. The third kappa shape index (κ3) is 8.03. The number of aldehydes is 1. The van der Waals surface area contributed by atoms with Crippen molar-refractivity contribution < 1.29 is 23.8 Å². The summed E-state index contributed by atoms with van der Waals surface area (Å²) in [4.78, 5) is 36.3. The number of aromatic amines is 1. The Morgan fingerprint density at radius 1 is 1.26 bits per heavy atom. The number of carbonyl (C=O) groups is 2. The van der Waals surface area contributed by atoms with E-state index in [9.17, 15) is 14.4 Å². The van der Waals surface area contributed by atoms with Crippen molar-refractivity contribution in [3.8, 4) is 5.75 Å². The van der Waals surface area contributed by atoms with E-state index in [-0.39, 0.29) is 30.2 Å². The maximum atomic E-state index is 11.8. The summed E-state index contributed by atoms with van der Waals surface area (Å²) in [5, 5.41) is 7.19. The first-order valence-corrected chi connectivity index (χ1v) is 10.2. The number of pyridine rings is 1. The van der Waals surface area contributed by atoms with Gasteiger partial charge in [-0.15, -0.1) is 0 Å². The molecule has 0 atom stereocenters. The van der Waals surface area contributed by atoms with E-state index in [4.69, 9.17) is 14.2 Å². The molecular weight excluding hydrogens is 402 g/mol. The van der Waals surface area contributed by atoms with Gasteiger partial charge in [0.15, 0.2) is 13.1 Å². The van der Waals surface area contributed by atoms with Crippen molar-refractivity contribution in [3.63, 3.8) is 0 Å². The van der Waals surface area contributed by atoms with Gasteiger partial charge in [0, 0.05) is 13.2 Å². The number of carbonyl (C=O) groups excluding carboxylic acids is 2. The summed E-state index contributed by atoms with van der Waals surface area (Å²) in [5.41, 5.74) is -0.514. The van der Waals surface area contributed by atoms with Gasteiger partial charge in [-0.25, -0.2) is 4.79 Å². The number of fused-ring (bicyclic) bond motifs is 1. The van der Waals surface area contributed by atoms with Crippen molar-refractivity contribution in [1.29, 1.82) is 0 Å². The number of ether oxygens (including phenoxy) is 3. The molecule has 1 aromatic heterocycles. The van der Waals surface area contributed by atoms with Gasteiger partial charge in [-0.05, 0) is 64.2 Å². The third-order valence-electron chi connectivity index (χ3n) is 4.37. The smallest absolute Gasteiger partial charge is 0.407 e. The first kappa shape index (κ1) is 24.4. The SMILES string of the molecule is CC(C)(C)OC(=O)NC1CCNCC1.COCOc1cccc2cc(C=O)[nH]c(=O)c12. The molecule has 1 aromatic carbocycles. The summed E-state index contributed by atoms with van der Waals surface area (Å²) in [7, 11) is 1.50. The van der Waals surface area contributed by atoms with Crippen LogP contribution < -0.4 is 20.9 Å². The quantitative estimate of drug-likeness (QED) is 0.490. The largest absolute Gasteiger partial charge is 0.467 e. The fourth-order valence-corrected chi connectivity index (χ4v) is 3.06. The molecule has 170 valence electrons. The molecule has 2 aromatic rings. The van der Waals surface area contributed by atoms with Crippen LogP contribution in [0.3, 0.4) is 0 Å². The van der Waals surface area contributed by atoms with Gasteiger partial charge in [-0.3, -0.25) is 9.59 Å². The second-order valence-corrected chi connectivity index (χ2v) is 8.11. The standard InChI is InChI=1S/C12H11NO4.C10H20N2O2/c1-16-7-17-10-4-2-3-8-5-9(6-14)13-12(15)11(8)10;1-10(2,3)14-9(13)12-8-4-6-11-7-5-8/h2-6H,7H2,1H3,(H,13,15);8,11H,4-7H2,1-3H3,(H,12,13). The van der Waals surface area contributed by atoms with Gasteiger partial charge in [0.1, 0.15) is 11.4 Å². The van der Waals surface area contributed by atoms with Gasteiger partial charge in [-0.1, -0.05) is 12.1 Å². The molecule has 1 saturated heterocycles. The zero-order valence-corrected chi connectivity index (χ0v) is 18.4. The van der Waals surface area contributed by atoms with Crippen molar-refractivity contribution in [2.45, 2.75) is 45.3 Å². The van der Waals surface area contributed by atoms with Crippen LogP contribution in [0.15, 0.2) is 29.1 Å². The van der Waals surface area contributed by atoms with Crippen molar-refractivity contribution in [2.24, 2.45) is 0 Å². The molecule has 1 amide bonds. The Morgan fingerprint density at radius 2 is 1.97 bits per heavy atom. The fraction of sp³-hybridized carbons (Fsp3) is 0.500. The van der Waals surface area contributed by atoms with Crippen molar-refractivity contribution in [1.82, 2.24) is 15.6 Å². The number of hydrogen-bond acceptors (Lipinski definition) is 7. The monoisotopic (exact) mass is 433 g/mol. The second-order valence-electron chi connectivity index (χ2n) is 8.11. The van der Waals surface area contributed by atoms with E-state index >= 15 is 0 Å². The molecule has 0 saturated carbocycles. The van der Waals surface area contributed by atoms with E-state index in [1.165, 1.54) is 7.11 Å². The molecule has 1 aliphatic rings. The highest BCUT2D eigenvalue weighted by molar-refractivity contribution is 5.90. The van der Waals surface area contributed by atoms with E-state index in [1.807, 2.05) is 20.8 Å². The summed E-state index contributed by atoms with van der Waals surface area (Å²) in [6.07, 6.45) is 2.27. The van der Waals surface area contributed by atoms with Crippen LogP contribution in [0.5, 0.6) is 5.75 Å². The molecule has 0 bridgehead atoms. The predicted molar refractivity (Wildman–Crippen MR) is 118 cm³/mol. The number of alkyl carbamates (subject to hydrolysis) is 1. The van der Waals surface area contributed by atoms with Gasteiger partial charge in [0.2, 0.25) is 0 Å². The number of H-pyrrole nitrogens is 1. The number of piperidine rings is 1. The maximum Gasteiger partial charge on any atom is 0.407 e. The van der Waals surface area contributed by atoms with Crippen LogP contribution in [0, 0.1) is 0 Å². The molecule has 0 unspecified atom stereocenters. The van der Waals surface area contributed by atoms with Crippen LogP contribution in [0.4, 0.5) is 4.79 Å². The number of amides is 1. The summed E-state index contributed by atoms with van der Waals surface area (Å²) in [5.74, 6) is 0.433. The second kappa shape index (κ2) is 11.5. The zero-order valence-electron chi connectivity index (χ0n) is 18.4. The third-order valence-corrected chi connectivity index (χ3v) is 4.37. The number of nitrogens with one attached hydrogen (secondary N) is 3. The van der Waals surface area contributed by atoms with Crippen LogP contribution in [0.25, 0.3) is 10.8 Å². The summed E-state index contributed by atoms with van der Waals surface area (Å²) >= 11 is 0. The normalized spacial score (nSPS) is 14.3.